The molecule has 0 radical (unpaired) electrons. The third kappa shape index (κ3) is 4.81. The topological polar surface area (TPSA) is 71.9 Å². The second-order valence-corrected chi connectivity index (χ2v) is 7.03. The zero-order valence-corrected chi connectivity index (χ0v) is 16.5. The van der Waals surface area contributed by atoms with Gasteiger partial charge in [-0.15, -0.1) is 0 Å². The summed E-state index contributed by atoms with van der Waals surface area (Å²) in [5.74, 6) is 0.506. The molecule has 2 aromatic rings. The van der Waals surface area contributed by atoms with Crippen LogP contribution in [0.2, 0.25) is 0 Å². The van der Waals surface area contributed by atoms with Gasteiger partial charge in [-0.05, 0) is 62.7 Å². The second kappa shape index (κ2) is 9.55. The fraction of sp³-hybridized carbons (Fsp3) is 0.455. The van der Waals surface area contributed by atoms with Gasteiger partial charge in [0, 0.05) is 24.4 Å². The number of aliphatic carboxylic acids is 1. The molecule has 1 aliphatic rings. The second-order valence-electron chi connectivity index (χ2n) is 7.03. The van der Waals surface area contributed by atoms with E-state index >= 15 is 0 Å². The molecule has 0 spiro atoms. The monoisotopic (exact) mass is 384 g/mol. The average molecular weight is 384 g/mol. The van der Waals surface area contributed by atoms with Gasteiger partial charge in [0.25, 0.3) is 0 Å². The lowest BCUT2D eigenvalue weighted by Crippen LogP contribution is -2.39. The summed E-state index contributed by atoms with van der Waals surface area (Å²) in [5.41, 5.74) is 2.14. The summed E-state index contributed by atoms with van der Waals surface area (Å²) in [6.45, 7) is 4.04. The molecule has 1 saturated heterocycles. The standard InChI is InChI=1S/C22H28N2O4/c1-3-28-20-8-7-17(14-21(20)27-2)19(15-18-6-4-5-11-23-18)24-12-9-16(10-13-24)22(25)26/h4-8,11,14,16,19H,3,9-10,12-13,15H2,1-2H3,(H,25,26). The van der Waals surface area contributed by atoms with Crippen molar-refractivity contribution >= 4 is 5.97 Å². The molecular formula is C22H28N2O4. The first-order chi connectivity index (χ1) is 13.6. The molecule has 1 N–H and O–H groups in total. The van der Waals surface area contributed by atoms with E-state index in [0.717, 1.165) is 36.5 Å². The highest BCUT2D eigenvalue weighted by molar-refractivity contribution is 5.70. The number of methoxy groups -OCH3 is 1. The number of carboxylic acid groups (broad SMARTS) is 1. The van der Waals surface area contributed by atoms with E-state index in [1.54, 1.807) is 7.11 Å². The Balaban J connectivity index is 1.87. The Hall–Kier alpha value is -2.60. The third-order valence-electron chi connectivity index (χ3n) is 5.32. The van der Waals surface area contributed by atoms with Gasteiger partial charge in [-0.25, -0.2) is 0 Å². The van der Waals surface area contributed by atoms with Crippen LogP contribution in [-0.2, 0) is 11.2 Å². The van der Waals surface area contributed by atoms with Crippen molar-refractivity contribution in [3.05, 3.63) is 53.9 Å². The highest BCUT2D eigenvalue weighted by Crippen LogP contribution is 2.35. The Bertz CT molecular complexity index is 773. The minimum Gasteiger partial charge on any atom is -0.493 e. The van der Waals surface area contributed by atoms with E-state index in [4.69, 9.17) is 9.47 Å². The van der Waals surface area contributed by atoms with Crippen LogP contribution in [0.3, 0.4) is 0 Å². The van der Waals surface area contributed by atoms with Crippen LogP contribution in [0.5, 0.6) is 11.5 Å². The van der Waals surface area contributed by atoms with E-state index in [0.29, 0.717) is 25.2 Å². The number of aromatic nitrogens is 1. The van der Waals surface area contributed by atoms with Crippen molar-refractivity contribution in [2.75, 3.05) is 26.8 Å². The molecule has 1 fully saturated rings. The van der Waals surface area contributed by atoms with Gasteiger partial charge in [0.15, 0.2) is 11.5 Å². The largest absolute Gasteiger partial charge is 0.493 e. The van der Waals surface area contributed by atoms with Crippen LogP contribution >= 0.6 is 0 Å². The van der Waals surface area contributed by atoms with Crippen molar-refractivity contribution in [3.63, 3.8) is 0 Å². The highest BCUT2D eigenvalue weighted by atomic mass is 16.5. The summed E-state index contributed by atoms with van der Waals surface area (Å²) < 4.78 is 11.2. The van der Waals surface area contributed by atoms with E-state index < -0.39 is 5.97 Å². The molecule has 2 heterocycles. The van der Waals surface area contributed by atoms with Crippen LogP contribution in [0.15, 0.2) is 42.6 Å². The van der Waals surface area contributed by atoms with Gasteiger partial charge in [0.1, 0.15) is 0 Å². The van der Waals surface area contributed by atoms with Gasteiger partial charge in [0.2, 0.25) is 0 Å². The molecule has 28 heavy (non-hydrogen) atoms. The first-order valence-electron chi connectivity index (χ1n) is 9.79. The predicted octanol–water partition coefficient (Wildman–Crippen LogP) is 3.57. The van der Waals surface area contributed by atoms with Crippen LogP contribution in [-0.4, -0.2) is 47.8 Å². The van der Waals surface area contributed by atoms with Crippen molar-refractivity contribution in [2.24, 2.45) is 5.92 Å². The first-order valence-corrected chi connectivity index (χ1v) is 9.79. The summed E-state index contributed by atoms with van der Waals surface area (Å²) in [7, 11) is 1.65. The maximum atomic E-state index is 11.3. The molecule has 0 saturated carbocycles. The van der Waals surface area contributed by atoms with Crippen LogP contribution < -0.4 is 9.47 Å². The average Bonchev–Trinajstić information content (AvgIpc) is 2.73. The lowest BCUT2D eigenvalue weighted by Gasteiger charge is -2.37. The summed E-state index contributed by atoms with van der Waals surface area (Å²) in [6.07, 6.45) is 3.90. The van der Waals surface area contributed by atoms with Gasteiger partial charge in [-0.2, -0.15) is 0 Å². The molecule has 3 rings (SSSR count). The number of pyridine rings is 1. The molecular weight excluding hydrogens is 356 g/mol. The van der Waals surface area contributed by atoms with Crippen LogP contribution in [0.25, 0.3) is 0 Å². The predicted molar refractivity (Wildman–Crippen MR) is 107 cm³/mol. The smallest absolute Gasteiger partial charge is 0.306 e. The zero-order valence-electron chi connectivity index (χ0n) is 16.5. The van der Waals surface area contributed by atoms with Crippen molar-refractivity contribution in [1.29, 1.82) is 0 Å². The Morgan fingerprint density at radius 3 is 2.64 bits per heavy atom. The Labute approximate surface area is 166 Å². The Morgan fingerprint density at radius 2 is 2.04 bits per heavy atom. The zero-order chi connectivity index (χ0) is 19.9. The van der Waals surface area contributed by atoms with Gasteiger partial charge < -0.3 is 14.6 Å². The maximum Gasteiger partial charge on any atom is 0.306 e. The molecule has 150 valence electrons. The van der Waals surface area contributed by atoms with Crippen molar-refractivity contribution in [1.82, 2.24) is 9.88 Å². The fourth-order valence-electron chi connectivity index (χ4n) is 3.80. The number of hydrogen-bond acceptors (Lipinski definition) is 5. The molecule has 1 aliphatic heterocycles. The maximum absolute atomic E-state index is 11.3. The van der Waals surface area contributed by atoms with Crippen LogP contribution in [0, 0.1) is 5.92 Å². The molecule has 1 aromatic heterocycles. The minimum atomic E-state index is -0.691. The Kier molecular flexibility index (Phi) is 6.87. The quantitative estimate of drug-likeness (QED) is 0.750. The van der Waals surface area contributed by atoms with Gasteiger partial charge in [0.05, 0.1) is 19.6 Å². The normalized spacial score (nSPS) is 16.5. The molecule has 6 nitrogen and oxygen atoms in total. The number of likely N-dealkylation sites (tertiary alicyclic amines) is 1. The molecule has 1 atom stereocenters. The summed E-state index contributed by atoms with van der Waals surface area (Å²) in [4.78, 5) is 18.2. The molecule has 0 aliphatic carbocycles. The summed E-state index contributed by atoms with van der Waals surface area (Å²) in [5, 5.41) is 9.31. The molecule has 1 unspecified atom stereocenters. The number of benzene rings is 1. The fourth-order valence-corrected chi connectivity index (χ4v) is 3.80. The third-order valence-corrected chi connectivity index (χ3v) is 5.32. The molecule has 0 amide bonds. The SMILES string of the molecule is CCOc1ccc(C(Cc2ccccn2)N2CCC(C(=O)O)CC2)cc1OC. The van der Waals surface area contributed by atoms with E-state index in [9.17, 15) is 9.90 Å². The van der Waals surface area contributed by atoms with E-state index in [1.807, 2.05) is 43.5 Å². The lowest BCUT2D eigenvalue weighted by molar-refractivity contribution is -0.143. The highest BCUT2D eigenvalue weighted by Gasteiger charge is 2.30. The van der Waals surface area contributed by atoms with E-state index in [-0.39, 0.29) is 12.0 Å². The van der Waals surface area contributed by atoms with Gasteiger partial charge in [-0.1, -0.05) is 12.1 Å². The van der Waals surface area contributed by atoms with E-state index in [1.165, 1.54) is 0 Å². The molecule has 6 heteroatoms. The summed E-state index contributed by atoms with van der Waals surface area (Å²) in [6, 6.07) is 12.1. The lowest BCUT2D eigenvalue weighted by atomic mass is 9.92. The number of carbonyl (C=O) groups is 1. The van der Waals surface area contributed by atoms with Crippen molar-refractivity contribution in [3.8, 4) is 11.5 Å². The number of piperidine rings is 1. The van der Waals surface area contributed by atoms with Gasteiger partial charge >= 0.3 is 5.97 Å². The number of hydrogen-bond donors (Lipinski definition) is 1. The van der Waals surface area contributed by atoms with E-state index in [2.05, 4.69) is 16.0 Å². The number of rotatable bonds is 8. The van der Waals surface area contributed by atoms with Crippen molar-refractivity contribution in [2.45, 2.75) is 32.2 Å². The number of carboxylic acids is 1. The van der Waals surface area contributed by atoms with Crippen molar-refractivity contribution < 1.29 is 19.4 Å². The number of nitrogens with zero attached hydrogens (tertiary/aromatic N) is 2. The Morgan fingerprint density at radius 1 is 1.25 bits per heavy atom. The minimum absolute atomic E-state index is 0.106. The first kappa shape index (κ1) is 20.1. The van der Waals surface area contributed by atoms with Gasteiger partial charge in [-0.3, -0.25) is 14.7 Å². The number of ether oxygens (including phenoxy) is 2. The van der Waals surface area contributed by atoms with Crippen LogP contribution in [0.4, 0.5) is 0 Å². The van der Waals surface area contributed by atoms with Crippen LogP contribution in [0.1, 0.15) is 37.1 Å². The summed E-state index contributed by atoms with van der Waals surface area (Å²) >= 11 is 0. The molecule has 1 aromatic carbocycles. The molecule has 0 bridgehead atoms.